The molecule has 0 bridgehead atoms. The lowest BCUT2D eigenvalue weighted by Gasteiger charge is -2.17. The van der Waals surface area contributed by atoms with Crippen LogP contribution in [0, 0.1) is 22.0 Å². The van der Waals surface area contributed by atoms with E-state index in [1.54, 1.807) is 0 Å². The first-order valence-electron chi connectivity index (χ1n) is 7.20. The van der Waals surface area contributed by atoms with Gasteiger partial charge in [-0.1, -0.05) is 13.8 Å². The van der Waals surface area contributed by atoms with Crippen LogP contribution in [0.25, 0.3) is 0 Å². The number of carboxylic acids is 1. The molecule has 1 rings (SSSR count). The maximum Gasteiger partial charge on any atom is 0.412 e. The molecular formula is C15H20N2O6. The Labute approximate surface area is 133 Å². The molecule has 126 valence electrons. The van der Waals surface area contributed by atoms with E-state index < -0.39 is 17.0 Å². The summed E-state index contributed by atoms with van der Waals surface area (Å²) < 4.78 is 4.99. The van der Waals surface area contributed by atoms with E-state index in [-0.39, 0.29) is 30.3 Å². The molecule has 0 spiro atoms. The van der Waals surface area contributed by atoms with Gasteiger partial charge in [-0.05, 0) is 30.4 Å². The molecule has 0 aliphatic heterocycles. The van der Waals surface area contributed by atoms with Crippen molar-refractivity contribution >= 4 is 17.7 Å². The van der Waals surface area contributed by atoms with Gasteiger partial charge in [0.25, 0.3) is 5.69 Å². The lowest BCUT2D eigenvalue weighted by atomic mass is 9.94. The topological polar surface area (TPSA) is 119 Å². The van der Waals surface area contributed by atoms with Crippen LogP contribution in [0.1, 0.15) is 26.7 Å². The fourth-order valence-corrected chi connectivity index (χ4v) is 2.16. The van der Waals surface area contributed by atoms with Gasteiger partial charge in [0.2, 0.25) is 0 Å². The maximum absolute atomic E-state index is 11.7. The minimum Gasteiger partial charge on any atom is -0.481 e. The number of rotatable bonds is 8. The number of nitrogens with one attached hydrogen (secondary N) is 1. The molecule has 0 radical (unpaired) electrons. The van der Waals surface area contributed by atoms with Crippen LogP contribution in [0.5, 0.6) is 5.75 Å². The molecule has 0 aliphatic rings. The predicted octanol–water partition coefficient (Wildman–Crippen LogP) is 2.82. The van der Waals surface area contributed by atoms with Crippen molar-refractivity contribution in [2.45, 2.75) is 26.7 Å². The standard InChI is InChI=1S/C15H20N2O6/c1-10(2)7-11(8-14(18)19)9-16-15(20)23-13-5-3-12(4-6-13)17(21)22/h3-6,10-11H,7-9H2,1-2H3,(H,16,20)(H,18,19)/t11-/m0/s1. The van der Waals surface area contributed by atoms with E-state index in [0.717, 1.165) is 0 Å². The number of nitrogens with zero attached hydrogens (tertiary/aromatic N) is 1. The number of carbonyl (C=O) groups excluding carboxylic acids is 1. The fraction of sp³-hybridized carbons (Fsp3) is 0.467. The van der Waals surface area contributed by atoms with Crippen molar-refractivity contribution in [1.82, 2.24) is 5.32 Å². The summed E-state index contributed by atoms with van der Waals surface area (Å²) >= 11 is 0. The molecule has 1 aromatic carbocycles. The molecule has 2 N–H and O–H groups in total. The van der Waals surface area contributed by atoms with Crippen molar-refractivity contribution in [3.63, 3.8) is 0 Å². The third-order valence-electron chi connectivity index (χ3n) is 3.06. The number of hydrogen-bond acceptors (Lipinski definition) is 5. The SMILES string of the molecule is CC(C)C[C@H](CNC(=O)Oc1ccc([N+](=O)[O-])cc1)CC(=O)O. The van der Waals surface area contributed by atoms with Gasteiger partial charge >= 0.3 is 12.1 Å². The third-order valence-corrected chi connectivity index (χ3v) is 3.06. The van der Waals surface area contributed by atoms with Crippen LogP contribution < -0.4 is 10.1 Å². The molecule has 0 saturated carbocycles. The Morgan fingerprint density at radius 3 is 2.39 bits per heavy atom. The average Bonchev–Trinajstić information content (AvgIpc) is 2.44. The Hall–Kier alpha value is -2.64. The summed E-state index contributed by atoms with van der Waals surface area (Å²) in [6, 6.07) is 5.10. The average molecular weight is 324 g/mol. The van der Waals surface area contributed by atoms with Gasteiger partial charge in [0.15, 0.2) is 0 Å². The number of ether oxygens (including phenoxy) is 1. The van der Waals surface area contributed by atoms with E-state index in [2.05, 4.69) is 5.32 Å². The Morgan fingerprint density at radius 1 is 1.30 bits per heavy atom. The molecule has 0 saturated heterocycles. The second-order valence-corrected chi connectivity index (χ2v) is 5.61. The second-order valence-electron chi connectivity index (χ2n) is 5.61. The van der Waals surface area contributed by atoms with E-state index in [1.165, 1.54) is 24.3 Å². The smallest absolute Gasteiger partial charge is 0.412 e. The van der Waals surface area contributed by atoms with Crippen LogP contribution in [-0.4, -0.2) is 28.6 Å². The molecule has 0 heterocycles. The summed E-state index contributed by atoms with van der Waals surface area (Å²) in [5, 5.41) is 21.9. The zero-order chi connectivity index (χ0) is 17.4. The Morgan fingerprint density at radius 2 is 1.91 bits per heavy atom. The van der Waals surface area contributed by atoms with Crippen molar-refractivity contribution in [3.05, 3.63) is 34.4 Å². The van der Waals surface area contributed by atoms with Gasteiger partial charge in [-0.3, -0.25) is 14.9 Å². The number of aliphatic carboxylic acids is 1. The number of nitro groups is 1. The largest absolute Gasteiger partial charge is 0.481 e. The van der Waals surface area contributed by atoms with Crippen molar-refractivity contribution in [2.24, 2.45) is 11.8 Å². The maximum atomic E-state index is 11.7. The second kappa shape index (κ2) is 8.72. The molecule has 0 unspecified atom stereocenters. The number of carboxylic acid groups (broad SMARTS) is 1. The minimum atomic E-state index is -0.916. The first-order chi connectivity index (χ1) is 10.8. The van der Waals surface area contributed by atoms with Crippen LogP contribution in [0.15, 0.2) is 24.3 Å². The number of benzene rings is 1. The van der Waals surface area contributed by atoms with Crippen LogP contribution in [0.4, 0.5) is 10.5 Å². The Bertz CT molecular complexity index is 556. The van der Waals surface area contributed by atoms with E-state index in [4.69, 9.17) is 9.84 Å². The highest BCUT2D eigenvalue weighted by Crippen LogP contribution is 2.18. The van der Waals surface area contributed by atoms with E-state index >= 15 is 0 Å². The molecule has 8 heteroatoms. The lowest BCUT2D eigenvalue weighted by molar-refractivity contribution is -0.384. The molecular weight excluding hydrogens is 304 g/mol. The van der Waals surface area contributed by atoms with Crippen LogP contribution in [0.2, 0.25) is 0 Å². The lowest BCUT2D eigenvalue weighted by Crippen LogP contribution is -2.33. The summed E-state index contributed by atoms with van der Waals surface area (Å²) in [6.07, 6.45) is -0.0851. The monoisotopic (exact) mass is 324 g/mol. The Kier molecular flexibility index (Phi) is 6.98. The molecule has 8 nitrogen and oxygen atoms in total. The molecule has 0 aromatic heterocycles. The zero-order valence-electron chi connectivity index (χ0n) is 13.0. The third kappa shape index (κ3) is 7.25. The normalized spacial score (nSPS) is 11.8. The van der Waals surface area contributed by atoms with Crippen molar-refractivity contribution in [1.29, 1.82) is 0 Å². The van der Waals surface area contributed by atoms with Crippen molar-refractivity contribution < 1.29 is 24.4 Å². The van der Waals surface area contributed by atoms with Gasteiger partial charge in [0, 0.05) is 25.1 Å². The number of hydrogen-bond donors (Lipinski definition) is 2. The molecule has 1 aromatic rings. The summed E-state index contributed by atoms with van der Waals surface area (Å²) in [5.41, 5.74) is -0.101. The Balaban J connectivity index is 2.50. The van der Waals surface area contributed by atoms with Gasteiger partial charge in [0.05, 0.1) is 4.92 Å². The first-order valence-corrected chi connectivity index (χ1v) is 7.20. The number of non-ortho nitro benzene ring substituents is 1. The van der Waals surface area contributed by atoms with Gasteiger partial charge in [-0.2, -0.15) is 0 Å². The summed E-state index contributed by atoms with van der Waals surface area (Å²) in [5.74, 6) is -0.614. The van der Waals surface area contributed by atoms with Crippen LogP contribution >= 0.6 is 0 Å². The van der Waals surface area contributed by atoms with E-state index in [0.29, 0.717) is 12.3 Å². The fourth-order valence-electron chi connectivity index (χ4n) is 2.16. The zero-order valence-corrected chi connectivity index (χ0v) is 13.0. The first kappa shape index (κ1) is 18.4. The number of nitro benzene ring substituents is 1. The summed E-state index contributed by atoms with van der Waals surface area (Å²) in [7, 11) is 0. The van der Waals surface area contributed by atoms with Crippen molar-refractivity contribution in [3.8, 4) is 5.75 Å². The molecule has 23 heavy (non-hydrogen) atoms. The minimum absolute atomic E-state index is 0.0318. The van der Waals surface area contributed by atoms with Gasteiger partial charge in [-0.15, -0.1) is 0 Å². The van der Waals surface area contributed by atoms with Crippen LogP contribution in [0.3, 0.4) is 0 Å². The molecule has 1 amide bonds. The van der Waals surface area contributed by atoms with E-state index in [9.17, 15) is 19.7 Å². The highest BCUT2D eigenvalue weighted by Gasteiger charge is 2.17. The van der Waals surface area contributed by atoms with Gasteiger partial charge < -0.3 is 15.2 Å². The molecule has 0 fully saturated rings. The van der Waals surface area contributed by atoms with Crippen molar-refractivity contribution in [2.75, 3.05) is 6.54 Å². The van der Waals surface area contributed by atoms with Gasteiger partial charge in [0.1, 0.15) is 5.75 Å². The van der Waals surface area contributed by atoms with Crippen LogP contribution in [-0.2, 0) is 4.79 Å². The summed E-state index contributed by atoms with van der Waals surface area (Å²) in [4.78, 5) is 32.5. The molecule has 0 aliphatic carbocycles. The van der Waals surface area contributed by atoms with E-state index in [1.807, 2.05) is 13.8 Å². The highest BCUT2D eigenvalue weighted by atomic mass is 16.6. The number of carbonyl (C=O) groups is 2. The van der Waals surface area contributed by atoms with Gasteiger partial charge in [-0.25, -0.2) is 4.79 Å². The number of amides is 1. The highest BCUT2D eigenvalue weighted by molar-refractivity contribution is 5.71. The predicted molar refractivity (Wildman–Crippen MR) is 82.3 cm³/mol. The summed E-state index contributed by atoms with van der Waals surface area (Å²) in [6.45, 7) is 4.14. The quantitative estimate of drug-likeness (QED) is 0.560. The molecule has 1 atom stereocenters.